The van der Waals surface area contributed by atoms with Gasteiger partial charge in [-0.15, -0.1) is 0 Å². The third-order valence-electron chi connectivity index (χ3n) is 2.90. The van der Waals surface area contributed by atoms with E-state index in [0.717, 1.165) is 5.56 Å². The van der Waals surface area contributed by atoms with Crippen molar-refractivity contribution in [2.75, 3.05) is 6.61 Å². The molecule has 1 aliphatic rings. The number of carbonyl (C=O) groups is 1. The minimum Gasteiger partial charge on any atom is -0.431 e. The van der Waals surface area contributed by atoms with Gasteiger partial charge in [0.1, 0.15) is 31.5 Å². The van der Waals surface area contributed by atoms with E-state index in [1.54, 1.807) is 12.1 Å². The van der Waals surface area contributed by atoms with Crippen LogP contribution in [0.5, 0.6) is 0 Å². The molecule has 20 heavy (non-hydrogen) atoms. The zero-order valence-electron chi connectivity index (χ0n) is 10.6. The SMILES string of the molecule is O=C(OCc1ccccc1)OC[C@H]1OC(O)[C@H](O)[C@@H]1O. The fourth-order valence-electron chi connectivity index (χ4n) is 1.77. The number of hydrogen-bond donors (Lipinski definition) is 3. The molecule has 2 rings (SSSR count). The molecular formula is C13H16O7. The van der Waals surface area contributed by atoms with Crippen LogP contribution in [0.25, 0.3) is 0 Å². The van der Waals surface area contributed by atoms with Gasteiger partial charge < -0.3 is 29.5 Å². The van der Waals surface area contributed by atoms with Gasteiger partial charge in [0.05, 0.1) is 0 Å². The smallest absolute Gasteiger partial charge is 0.431 e. The average molecular weight is 284 g/mol. The molecule has 0 aromatic heterocycles. The first-order valence-electron chi connectivity index (χ1n) is 6.11. The lowest BCUT2D eigenvalue weighted by atomic mass is 10.1. The molecule has 0 radical (unpaired) electrons. The first-order valence-corrected chi connectivity index (χ1v) is 6.11. The van der Waals surface area contributed by atoms with Gasteiger partial charge in [0.15, 0.2) is 6.29 Å². The van der Waals surface area contributed by atoms with Crippen LogP contribution in [0.1, 0.15) is 5.56 Å². The van der Waals surface area contributed by atoms with Gasteiger partial charge in [0.2, 0.25) is 0 Å². The molecule has 1 aromatic carbocycles. The number of benzene rings is 1. The van der Waals surface area contributed by atoms with Crippen LogP contribution in [0, 0.1) is 0 Å². The summed E-state index contributed by atoms with van der Waals surface area (Å²) >= 11 is 0. The Morgan fingerprint density at radius 3 is 2.40 bits per heavy atom. The molecule has 0 aliphatic carbocycles. The predicted octanol–water partition coefficient (Wildman–Crippen LogP) is -0.221. The second-order valence-corrected chi connectivity index (χ2v) is 4.38. The van der Waals surface area contributed by atoms with Crippen LogP contribution >= 0.6 is 0 Å². The lowest BCUT2D eigenvalue weighted by Gasteiger charge is -2.14. The van der Waals surface area contributed by atoms with Gasteiger partial charge in [-0.2, -0.15) is 0 Å². The van der Waals surface area contributed by atoms with Crippen molar-refractivity contribution < 1.29 is 34.3 Å². The van der Waals surface area contributed by atoms with E-state index in [4.69, 9.17) is 19.3 Å². The van der Waals surface area contributed by atoms with Gasteiger partial charge in [0.25, 0.3) is 0 Å². The van der Waals surface area contributed by atoms with Crippen molar-refractivity contribution >= 4 is 6.16 Å². The highest BCUT2D eigenvalue weighted by Crippen LogP contribution is 2.19. The maximum atomic E-state index is 11.3. The lowest BCUT2D eigenvalue weighted by molar-refractivity contribution is -0.134. The third kappa shape index (κ3) is 3.67. The summed E-state index contributed by atoms with van der Waals surface area (Å²) in [6, 6.07) is 9.07. The van der Waals surface area contributed by atoms with E-state index in [1.165, 1.54) is 0 Å². The molecule has 1 aromatic rings. The molecule has 7 nitrogen and oxygen atoms in total. The number of rotatable bonds is 4. The Balaban J connectivity index is 1.71. The number of hydrogen-bond acceptors (Lipinski definition) is 7. The molecule has 0 saturated carbocycles. The third-order valence-corrected chi connectivity index (χ3v) is 2.90. The summed E-state index contributed by atoms with van der Waals surface area (Å²) in [7, 11) is 0. The van der Waals surface area contributed by atoms with E-state index in [-0.39, 0.29) is 13.2 Å². The highest BCUT2D eigenvalue weighted by molar-refractivity contribution is 5.59. The second-order valence-electron chi connectivity index (χ2n) is 4.38. The highest BCUT2D eigenvalue weighted by atomic mass is 16.7. The van der Waals surface area contributed by atoms with Crippen molar-refractivity contribution in [1.29, 1.82) is 0 Å². The minimum atomic E-state index is -1.49. The van der Waals surface area contributed by atoms with Crippen molar-refractivity contribution in [3.8, 4) is 0 Å². The van der Waals surface area contributed by atoms with Crippen LogP contribution in [0.4, 0.5) is 4.79 Å². The number of carbonyl (C=O) groups excluding carboxylic acids is 1. The number of ether oxygens (including phenoxy) is 3. The van der Waals surface area contributed by atoms with Crippen LogP contribution < -0.4 is 0 Å². The van der Waals surface area contributed by atoms with Crippen molar-refractivity contribution in [2.24, 2.45) is 0 Å². The van der Waals surface area contributed by atoms with Crippen molar-refractivity contribution in [3.05, 3.63) is 35.9 Å². The molecule has 7 heteroatoms. The van der Waals surface area contributed by atoms with Crippen molar-refractivity contribution in [1.82, 2.24) is 0 Å². The molecule has 4 atom stereocenters. The van der Waals surface area contributed by atoms with Gasteiger partial charge in [0, 0.05) is 0 Å². The quantitative estimate of drug-likeness (QED) is 0.656. The van der Waals surface area contributed by atoms with E-state index < -0.39 is 30.8 Å². The summed E-state index contributed by atoms with van der Waals surface area (Å²) in [5.74, 6) is 0. The molecule has 0 bridgehead atoms. The Morgan fingerprint density at radius 2 is 1.80 bits per heavy atom. The molecule has 1 saturated heterocycles. The topological polar surface area (TPSA) is 105 Å². The Bertz CT molecular complexity index is 436. The fraction of sp³-hybridized carbons (Fsp3) is 0.462. The van der Waals surface area contributed by atoms with Crippen molar-refractivity contribution in [3.63, 3.8) is 0 Å². The molecule has 110 valence electrons. The molecule has 1 unspecified atom stereocenters. The second kappa shape index (κ2) is 6.67. The summed E-state index contributed by atoms with van der Waals surface area (Å²) in [5.41, 5.74) is 0.812. The van der Waals surface area contributed by atoms with Gasteiger partial charge >= 0.3 is 6.16 Å². The largest absolute Gasteiger partial charge is 0.508 e. The maximum Gasteiger partial charge on any atom is 0.508 e. The van der Waals surface area contributed by atoms with Crippen LogP contribution in [0.2, 0.25) is 0 Å². The van der Waals surface area contributed by atoms with Crippen LogP contribution in [0.3, 0.4) is 0 Å². The first kappa shape index (κ1) is 14.7. The molecule has 3 N–H and O–H groups in total. The number of aliphatic hydroxyl groups is 3. The Morgan fingerprint density at radius 1 is 1.10 bits per heavy atom. The Kier molecular flexibility index (Phi) is 4.91. The van der Waals surface area contributed by atoms with Gasteiger partial charge in [-0.1, -0.05) is 30.3 Å². The Labute approximate surface area is 115 Å². The summed E-state index contributed by atoms with van der Waals surface area (Å²) in [4.78, 5) is 11.3. The molecule has 1 fully saturated rings. The highest BCUT2D eigenvalue weighted by Gasteiger charge is 2.42. The fourth-order valence-corrected chi connectivity index (χ4v) is 1.77. The minimum absolute atomic E-state index is 0.0685. The lowest BCUT2D eigenvalue weighted by Crippen LogP contribution is -2.34. The van der Waals surface area contributed by atoms with E-state index in [0.29, 0.717) is 0 Å². The summed E-state index contributed by atoms with van der Waals surface area (Å²) in [6.45, 7) is -0.248. The average Bonchev–Trinajstić information content (AvgIpc) is 2.71. The zero-order valence-corrected chi connectivity index (χ0v) is 10.6. The summed E-state index contributed by atoms with van der Waals surface area (Å²) in [6.07, 6.45) is -6.11. The Hall–Kier alpha value is -1.67. The zero-order chi connectivity index (χ0) is 14.5. The number of aliphatic hydroxyl groups excluding tert-OH is 3. The normalized spacial score (nSPS) is 29.1. The molecule has 1 aliphatic heterocycles. The standard InChI is InChI=1S/C13H16O7/c14-10-9(20-12(16)11(10)15)7-19-13(17)18-6-8-4-2-1-3-5-8/h1-5,9-12,14-16H,6-7H2/t9-,10-,11-,12?/m1/s1. The van der Waals surface area contributed by atoms with E-state index in [1.807, 2.05) is 18.2 Å². The van der Waals surface area contributed by atoms with Gasteiger partial charge in [-0.05, 0) is 5.56 Å². The van der Waals surface area contributed by atoms with Crippen LogP contribution in [-0.2, 0) is 20.8 Å². The molecular weight excluding hydrogens is 268 g/mol. The molecule has 1 heterocycles. The van der Waals surface area contributed by atoms with E-state index in [9.17, 15) is 15.0 Å². The van der Waals surface area contributed by atoms with Crippen LogP contribution in [0.15, 0.2) is 30.3 Å². The summed E-state index contributed by atoms with van der Waals surface area (Å²) < 4.78 is 14.4. The van der Waals surface area contributed by atoms with Crippen molar-refractivity contribution in [2.45, 2.75) is 31.2 Å². The predicted molar refractivity (Wildman–Crippen MR) is 65.5 cm³/mol. The van der Waals surface area contributed by atoms with Crippen LogP contribution in [-0.4, -0.2) is 52.7 Å². The van der Waals surface area contributed by atoms with Gasteiger partial charge in [-0.3, -0.25) is 0 Å². The molecule has 0 amide bonds. The summed E-state index contributed by atoms with van der Waals surface area (Å²) in [5, 5.41) is 27.9. The van der Waals surface area contributed by atoms with Gasteiger partial charge in [-0.25, -0.2) is 4.79 Å². The maximum absolute atomic E-state index is 11.3. The monoisotopic (exact) mass is 284 g/mol. The van der Waals surface area contributed by atoms with E-state index >= 15 is 0 Å². The first-order chi connectivity index (χ1) is 9.58. The molecule has 0 spiro atoms. The van der Waals surface area contributed by atoms with E-state index in [2.05, 4.69) is 0 Å².